The van der Waals surface area contributed by atoms with Crippen molar-refractivity contribution in [1.29, 1.82) is 0 Å². The van der Waals surface area contributed by atoms with Gasteiger partial charge >= 0.3 is 0 Å². The molecule has 1 atom stereocenters. The number of amides is 1. The zero-order valence-corrected chi connectivity index (χ0v) is 11.8. The zero-order valence-electron chi connectivity index (χ0n) is 11.8. The lowest BCUT2D eigenvalue weighted by Gasteiger charge is -2.27. The van der Waals surface area contributed by atoms with E-state index in [1.165, 1.54) is 7.05 Å². The van der Waals surface area contributed by atoms with E-state index >= 15 is 0 Å². The Morgan fingerprint density at radius 2 is 1.84 bits per heavy atom. The van der Waals surface area contributed by atoms with Gasteiger partial charge in [0.15, 0.2) is 0 Å². The van der Waals surface area contributed by atoms with E-state index in [1.807, 2.05) is 20.8 Å². The SMILES string of the molecule is CCC(C)N(CC)C(=O)c1cc(F)c(NC)c(F)c1. The lowest BCUT2D eigenvalue weighted by Crippen LogP contribution is -2.38. The Morgan fingerprint density at radius 1 is 1.32 bits per heavy atom. The van der Waals surface area contributed by atoms with Gasteiger partial charge in [0, 0.05) is 25.2 Å². The first-order chi connectivity index (χ1) is 8.96. The normalized spacial score (nSPS) is 12.1. The molecule has 1 aromatic carbocycles. The highest BCUT2D eigenvalue weighted by molar-refractivity contribution is 5.94. The van der Waals surface area contributed by atoms with Crippen LogP contribution in [0, 0.1) is 11.6 Å². The molecule has 0 fully saturated rings. The van der Waals surface area contributed by atoms with Gasteiger partial charge in [-0.15, -0.1) is 0 Å². The number of rotatable bonds is 5. The van der Waals surface area contributed by atoms with Crippen molar-refractivity contribution in [3.05, 3.63) is 29.3 Å². The predicted molar refractivity (Wildman–Crippen MR) is 72.4 cm³/mol. The highest BCUT2D eigenvalue weighted by atomic mass is 19.1. The van der Waals surface area contributed by atoms with Gasteiger partial charge in [0.05, 0.1) is 0 Å². The van der Waals surface area contributed by atoms with Crippen LogP contribution in [0.5, 0.6) is 0 Å². The number of anilines is 1. The van der Waals surface area contributed by atoms with Gasteiger partial charge in [-0.1, -0.05) is 6.92 Å². The topological polar surface area (TPSA) is 32.3 Å². The van der Waals surface area contributed by atoms with Crippen LogP contribution in [0.4, 0.5) is 14.5 Å². The summed E-state index contributed by atoms with van der Waals surface area (Å²) in [4.78, 5) is 13.9. The smallest absolute Gasteiger partial charge is 0.254 e. The maximum Gasteiger partial charge on any atom is 0.254 e. The predicted octanol–water partition coefficient (Wildman–Crippen LogP) is 3.27. The molecule has 0 spiro atoms. The van der Waals surface area contributed by atoms with E-state index in [2.05, 4.69) is 5.32 Å². The van der Waals surface area contributed by atoms with Gasteiger partial charge in [-0.25, -0.2) is 8.78 Å². The Hall–Kier alpha value is -1.65. The van der Waals surface area contributed by atoms with Crippen molar-refractivity contribution < 1.29 is 13.6 Å². The second-order valence-corrected chi connectivity index (χ2v) is 4.41. The number of carbonyl (C=O) groups excluding carboxylic acids is 1. The molecule has 0 bridgehead atoms. The molecular weight excluding hydrogens is 250 g/mol. The van der Waals surface area contributed by atoms with E-state index in [4.69, 9.17) is 0 Å². The number of hydrogen-bond acceptors (Lipinski definition) is 2. The average Bonchev–Trinajstić information content (AvgIpc) is 2.38. The Balaban J connectivity index is 3.12. The molecule has 0 aliphatic rings. The lowest BCUT2D eigenvalue weighted by molar-refractivity contribution is 0.0699. The maximum absolute atomic E-state index is 13.6. The summed E-state index contributed by atoms with van der Waals surface area (Å²) in [5.74, 6) is -1.87. The first-order valence-corrected chi connectivity index (χ1v) is 6.43. The Kier molecular flexibility index (Phi) is 5.27. The third kappa shape index (κ3) is 3.22. The van der Waals surface area contributed by atoms with E-state index < -0.39 is 11.6 Å². The molecule has 5 heteroatoms. The fourth-order valence-corrected chi connectivity index (χ4v) is 1.98. The third-order valence-electron chi connectivity index (χ3n) is 3.26. The van der Waals surface area contributed by atoms with E-state index in [0.717, 1.165) is 18.6 Å². The largest absolute Gasteiger partial charge is 0.383 e. The van der Waals surface area contributed by atoms with Crippen molar-refractivity contribution in [2.24, 2.45) is 0 Å². The molecule has 0 heterocycles. The van der Waals surface area contributed by atoms with E-state index in [1.54, 1.807) is 4.90 Å². The van der Waals surface area contributed by atoms with Crippen LogP contribution in [0.2, 0.25) is 0 Å². The van der Waals surface area contributed by atoms with Gasteiger partial charge < -0.3 is 10.2 Å². The molecule has 3 nitrogen and oxygen atoms in total. The van der Waals surface area contributed by atoms with Crippen LogP contribution in [-0.2, 0) is 0 Å². The number of carbonyl (C=O) groups is 1. The van der Waals surface area contributed by atoms with Gasteiger partial charge in [0.25, 0.3) is 5.91 Å². The minimum absolute atomic E-state index is 0.0348. The quantitative estimate of drug-likeness (QED) is 0.890. The molecule has 0 aliphatic heterocycles. The molecule has 0 aliphatic carbocycles. The molecule has 1 amide bonds. The highest BCUT2D eigenvalue weighted by Crippen LogP contribution is 2.21. The number of halogens is 2. The standard InChI is InChI=1S/C14H20F2N2O/c1-5-9(3)18(6-2)14(19)10-7-11(15)13(17-4)12(16)8-10/h7-9,17H,5-6H2,1-4H3. The summed E-state index contributed by atoms with van der Waals surface area (Å²) in [6.45, 7) is 6.23. The molecule has 1 rings (SSSR count). The van der Waals surface area contributed by atoms with Crippen LogP contribution in [0.15, 0.2) is 12.1 Å². The van der Waals surface area contributed by atoms with Crippen molar-refractivity contribution in [2.75, 3.05) is 18.9 Å². The summed E-state index contributed by atoms with van der Waals surface area (Å²) in [5, 5.41) is 2.43. The molecular formula is C14H20F2N2O. The molecule has 1 aromatic rings. The second kappa shape index (κ2) is 6.50. The maximum atomic E-state index is 13.6. The van der Waals surface area contributed by atoms with Crippen LogP contribution in [0.25, 0.3) is 0 Å². The van der Waals surface area contributed by atoms with Gasteiger partial charge in [-0.2, -0.15) is 0 Å². The van der Waals surface area contributed by atoms with Crippen molar-refractivity contribution in [3.63, 3.8) is 0 Å². The number of nitrogens with one attached hydrogen (secondary N) is 1. The zero-order chi connectivity index (χ0) is 14.6. The van der Waals surface area contributed by atoms with Gasteiger partial charge in [-0.05, 0) is 32.4 Å². The minimum Gasteiger partial charge on any atom is -0.383 e. The molecule has 0 aromatic heterocycles. The van der Waals surface area contributed by atoms with Crippen molar-refractivity contribution in [1.82, 2.24) is 4.90 Å². The lowest BCUT2D eigenvalue weighted by atomic mass is 10.1. The van der Waals surface area contributed by atoms with Crippen LogP contribution < -0.4 is 5.32 Å². The van der Waals surface area contributed by atoms with Crippen LogP contribution in [0.1, 0.15) is 37.6 Å². The van der Waals surface area contributed by atoms with Crippen molar-refractivity contribution >= 4 is 11.6 Å². The molecule has 0 saturated carbocycles. The monoisotopic (exact) mass is 270 g/mol. The average molecular weight is 270 g/mol. The summed E-state index contributed by atoms with van der Waals surface area (Å²) in [5.41, 5.74) is -0.181. The number of benzene rings is 1. The van der Waals surface area contributed by atoms with Gasteiger partial charge in [0.2, 0.25) is 0 Å². The molecule has 1 unspecified atom stereocenters. The number of hydrogen-bond donors (Lipinski definition) is 1. The van der Waals surface area contributed by atoms with Gasteiger partial charge in [-0.3, -0.25) is 4.79 Å². The summed E-state index contributed by atoms with van der Waals surface area (Å²) >= 11 is 0. The van der Waals surface area contributed by atoms with Crippen LogP contribution >= 0.6 is 0 Å². The third-order valence-corrected chi connectivity index (χ3v) is 3.26. The molecule has 106 valence electrons. The Morgan fingerprint density at radius 3 is 2.21 bits per heavy atom. The van der Waals surface area contributed by atoms with E-state index in [9.17, 15) is 13.6 Å². The van der Waals surface area contributed by atoms with Crippen LogP contribution in [0.3, 0.4) is 0 Å². The molecule has 0 radical (unpaired) electrons. The van der Waals surface area contributed by atoms with Gasteiger partial charge in [0.1, 0.15) is 17.3 Å². The Bertz CT molecular complexity index is 440. The Labute approximate surface area is 112 Å². The first-order valence-electron chi connectivity index (χ1n) is 6.43. The molecule has 0 saturated heterocycles. The molecule has 19 heavy (non-hydrogen) atoms. The fourth-order valence-electron chi connectivity index (χ4n) is 1.98. The fraction of sp³-hybridized carbons (Fsp3) is 0.500. The highest BCUT2D eigenvalue weighted by Gasteiger charge is 2.21. The number of nitrogens with zero attached hydrogens (tertiary/aromatic N) is 1. The minimum atomic E-state index is -0.758. The van der Waals surface area contributed by atoms with E-state index in [-0.39, 0.29) is 23.2 Å². The summed E-state index contributed by atoms with van der Waals surface area (Å²) in [6.07, 6.45) is 0.791. The van der Waals surface area contributed by atoms with Crippen molar-refractivity contribution in [2.45, 2.75) is 33.2 Å². The second-order valence-electron chi connectivity index (χ2n) is 4.41. The van der Waals surface area contributed by atoms with E-state index in [0.29, 0.717) is 6.54 Å². The van der Waals surface area contributed by atoms with Crippen LogP contribution in [-0.4, -0.2) is 30.4 Å². The molecule has 1 N–H and O–H groups in total. The summed E-state index contributed by atoms with van der Waals surface area (Å²) < 4.78 is 27.3. The summed E-state index contributed by atoms with van der Waals surface area (Å²) in [6, 6.07) is 2.18. The summed E-state index contributed by atoms with van der Waals surface area (Å²) in [7, 11) is 1.43. The van der Waals surface area contributed by atoms with Crippen molar-refractivity contribution in [3.8, 4) is 0 Å². The first kappa shape index (κ1) is 15.4.